The molecule has 0 radical (unpaired) electrons. The van der Waals surface area contributed by atoms with Crippen molar-refractivity contribution in [2.75, 3.05) is 13.6 Å². The fourth-order valence-electron chi connectivity index (χ4n) is 2.98. The molecule has 2 amide bonds. The monoisotopic (exact) mass is 428 g/mol. The number of amides is 2. The number of carbonyl (C=O) groups excluding carboxylic acids is 2. The van der Waals surface area contributed by atoms with Gasteiger partial charge in [-0.25, -0.2) is 4.79 Å². The zero-order valence-electron chi connectivity index (χ0n) is 15.0. The molecular formula is C21H21BrN2O3. The van der Waals surface area contributed by atoms with E-state index in [0.717, 1.165) is 10.0 Å². The van der Waals surface area contributed by atoms with Gasteiger partial charge in [-0.05, 0) is 33.6 Å². The molecule has 2 aromatic rings. The van der Waals surface area contributed by atoms with Crippen molar-refractivity contribution in [2.45, 2.75) is 19.2 Å². The van der Waals surface area contributed by atoms with Gasteiger partial charge in [0, 0.05) is 24.5 Å². The molecule has 0 fully saturated rings. The van der Waals surface area contributed by atoms with E-state index in [9.17, 15) is 9.59 Å². The highest BCUT2D eigenvalue weighted by Crippen LogP contribution is 2.22. The molecule has 0 aromatic heterocycles. The second kappa shape index (κ2) is 8.86. The van der Waals surface area contributed by atoms with Crippen LogP contribution >= 0.6 is 15.9 Å². The third-order valence-electron chi connectivity index (χ3n) is 4.49. The molecule has 1 heterocycles. The predicted octanol–water partition coefficient (Wildman–Crippen LogP) is 4.45. The Kier molecular flexibility index (Phi) is 6.29. The Balaban J connectivity index is 1.71. The second-order valence-electron chi connectivity index (χ2n) is 6.28. The third kappa shape index (κ3) is 4.57. The van der Waals surface area contributed by atoms with Gasteiger partial charge in [-0.1, -0.05) is 54.6 Å². The molecule has 2 aromatic carbocycles. The molecule has 5 nitrogen and oxygen atoms in total. The van der Waals surface area contributed by atoms with E-state index in [1.165, 1.54) is 0 Å². The van der Waals surface area contributed by atoms with Gasteiger partial charge >= 0.3 is 6.09 Å². The number of carbonyl (C=O) groups is 2. The summed E-state index contributed by atoms with van der Waals surface area (Å²) >= 11 is 3.42. The van der Waals surface area contributed by atoms with E-state index in [-0.39, 0.29) is 12.5 Å². The third-order valence-corrected chi connectivity index (χ3v) is 5.18. The summed E-state index contributed by atoms with van der Waals surface area (Å²) < 4.78 is 6.19. The van der Waals surface area contributed by atoms with Crippen molar-refractivity contribution >= 4 is 27.9 Å². The van der Waals surface area contributed by atoms with Crippen LogP contribution in [-0.2, 0) is 11.3 Å². The van der Waals surface area contributed by atoms with E-state index in [4.69, 9.17) is 4.74 Å². The van der Waals surface area contributed by atoms with Crippen molar-refractivity contribution in [2.24, 2.45) is 0 Å². The van der Waals surface area contributed by atoms with Gasteiger partial charge < -0.3 is 9.64 Å². The standard InChI is InChI=1S/C21H21BrN2O3/c1-23(20(25)17-11-5-6-12-18(17)22)19-13-7-8-14-24(19)21(26)27-15-16-9-3-2-4-10-16/h2-12,19H,13-15H2,1H3. The summed E-state index contributed by atoms with van der Waals surface area (Å²) in [7, 11) is 1.71. The van der Waals surface area contributed by atoms with Gasteiger partial charge in [0.15, 0.2) is 0 Å². The maximum absolute atomic E-state index is 12.9. The van der Waals surface area contributed by atoms with Crippen LogP contribution in [0.5, 0.6) is 0 Å². The molecule has 0 bridgehead atoms. The highest BCUT2D eigenvalue weighted by Gasteiger charge is 2.32. The molecule has 6 heteroatoms. The van der Waals surface area contributed by atoms with Crippen LogP contribution in [0.1, 0.15) is 22.3 Å². The van der Waals surface area contributed by atoms with Crippen molar-refractivity contribution < 1.29 is 14.3 Å². The minimum absolute atomic E-state index is 0.149. The summed E-state index contributed by atoms with van der Waals surface area (Å²) in [5, 5.41) is 0. The van der Waals surface area contributed by atoms with E-state index in [2.05, 4.69) is 15.9 Å². The zero-order chi connectivity index (χ0) is 19.2. The first kappa shape index (κ1) is 19.2. The Morgan fingerprint density at radius 2 is 1.81 bits per heavy atom. The first-order valence-corrected chi connectivity index (χ1v) is 9.51. The molecule has 1 atom stereocenters. The number of halogens is 1. The average molecular weight is 429 g/mol. The van der Waals surface area contributed by atoms with Crippen LogP contribution in [0, 0.1) is 0 Å². The van der Waals surface area contributed by atoms with Crippen LogP contribution < -0.4 is 0 Å². The number of hydrogen-bond acceptors (Lipinski definition) is 3. The van der Waals surface area contributed by atoms with Crippen molar-refractivity contribution in [3.05, 3.63) is 82.3 Å². The molecule has 140 valence electrons. The molecule has 0 spiro atoms. The van der Waals surface area contributed by atoms with Crippen LogP contribution in [0.25, 0.3) is 0 Å². The minimum atomic E-state index is -0.431. The highest BCUT2D eigenvalue weighted by atomic mass is 79.9. The van der Waals surface area contributed by atoms with E-state index in [1.54, 1.807) is 22.9 Å². The summed E-state index contributed by atoms with van der Waals surface area (Å²) in [4.78, 5) is 28.7. The number of benzene rings is 2. The van der Waals surface area contributed by atoms with Crippen LogP contribution in [-0.4, -0.2) is 41.6 Å². The highest BCUT2D eigenvalue weighted by molar-refractivity contribution is 9.10. The lowest BCUT2D eigenvalue weighted by atomic mass is 10.1. The molecule has 0 aliphatic carbocycles. The molecule has 0 saturated heterocycles. The summed E-state index contributed by atoms with van der Waals surface area (Å²) in [6.07, 6.45) is 3.64. The first-order valence-electron chi connectivity index (χ1n) is 8.72. The number of ether oxygens (including phenoxy) is 1. The molecule has 0 saturated carbocycles. The Morgan fingerprint density at radius 1 is 1.11 bits per heavy atom. The quantitative estimate of drug-likeness (QED) is 0.675. The van der Waals surface area contributed by atoms with E-state index < -0.39 is 12.3 Å². The maximum atomic E-state index is 12.9. The van der Waals surface area contributed by atoms with E-state index >= 15 is 0 Å². The SMILES string of the molecule is CN(C(=O)c1ccccc1Br)C1CC=CCN1C(=O)OCc1ccccc1. The largest absolute Gasteiger partial charge is 0.444 e. The molecule has 1 aliphatic rings. The predicted molar refractivity (Wildman–Crippen MR) is 107 cm³/mol. The fraction of sp³-hybridized carbons (Fsp3) is 0.238. The van der Waals surface area contributed by atoms with Gasteiger partial charge in [-0.3, -0.25) is 9.69 Å². The van der Waals surface area contributed by atoms with Crippen molar-refractivity contribution in [1.29, 1.82) is 0 Å². The summed E-state index contributed by atoms with van der Waals surface area (Å²) in [6, 6.07) is 16.8. The van der Waals surface area contributed by atoms with Gasteiger partial charge in [0.2, 0.25) is 0 Å². The number of rotatable bonds is 4. The minimum Gasteiger partial charge on any atom is -0.444 e. The molecule has 27 heavy (non-hydrogen) atoms. The van der Waals surface area contributed by atoms with Gasteiger partial charge in [0.05, 0.1) is 5.56 Å². The second-order valence-corrected chi connectivity index (χ2v) is 7.13. The Hall–Kier alpha value is -2.60. The molecule has 1 aliphatic heterocycles. The van der Waals surface area contributed by atoms with Gasteiger partial charge in [0.25, 0.3) is 5.91 Å². The molecule has 1 unspecified atom stereocenters. The van der Waals surface area contributed by atoms with Crippen LogP contribution in [0.2, 0.25) is 0 Å². The van der Waals surface area contributed by atoms with Gasteiger partial charge in [0.1, 0.15) is 12.8 Å². The Labute approximate surface area is 167 Å². The fourth-order valence-corrected chi connectivity index (χ4v) is 3.43. The summed E-state index contributed by atoms with van der Waals surface area (Å²) in [6.45, 7) is 0.611. The zero-order valence-corrected chi connectivity index (χ0v) is 16.6. The van der Waals surface area contributed by atoms with Crippen molar-refractivity contribution in [3.8, 4) is 0 Å². The Morgan fingerprint density at radius 3 is 2.56 bits per heavy atom. The molecule has 0 N–H and O–H groups in total. The average Bonchev–Trinajstić information content (AvgIpc) is 2.72. The Bertz CT molecular complexity index is 838. The first-order chi connectivity index (χ1) is 13.1. The number of nitrogens with zero attached hydrogens (tertiary/aromatic N) is 2. The van der Waals surface area contributed by atoms with Crippen LogP contribution in [0.4, 0.5) is 4.79 Å². The van der Waals surface area contributed by atoms with Crippen LogP contribution in [0.15, 0.2) is 71.2 Å². The lowest BCUT2D eigenvalue weighted by molar-refractivity contribution is 0.0318. The summed E-state index contributed by atoms with van der Waals surface area (Å²) in [5.41, 5.74) is 1.49. The lowest BCUT2D eigenvalue weighted by Gasteiger charge is -2.38. The molecule has 3 rings (SSSR count). The topological polar surface area (TPSA) is 49.9 Å². The number of hydrogen-bond donors (Lipinski definition) is 0. The summed E-state index contributed by atoms with van der Waals surface area (Å²) in [5.74, 6) is -0.149. The van der Waals surface area contributed by atoms with Gasteiger partial charge in [-0.2, -0.15) is 0 Å². The van der Waals surface area contributed by atoms with E-state index in [0.29, 0.717) is 18.5 Å². The lowest BCUT2D eigenvalue weighted by Crippen LogP contribution is -2.52. The maximum Gasteiger partial charge on any atom is 0.412 e. The van der Waals surface area contributed by atoms with Crippen molar-refractivity contribution in [1.82, 2.24) is 9.80 Å². The molecular weight excluding hydrogens is 408 g/mol. The van der Waals surface area contributed by atoms with Crippen LogP contribution in [0.3, 0.4) is 0 Å². The van der Waals surface area contributed by atoms with Gasteiger partial charge in [-0.15, -0.1) is 0 Å². The van der Waals surface area contributed by atoms with E-state index in [1.807, 2.05) is 60.7 Å². The normalized spacial score (nSPS) is 16.1. The smallest absolute Gasteiger partial charge is 0.412 e. The van der Waals surface area contributed by atoms with Crippen molar-refractivity contribution in [3.63, 3.8) is 0 Å².